The Hall–Kier alpha value is -3.90. The van der Waals surface area contributed by atoms with Crippen LogP contribution in [0.25, 0.3) is 0 Å². The van der Waals surface area contributed by atoms with Crippen molar-refractivity contribution in [2.45, 2.75) is 37.8 Å². The predicted molar refractivity (Wildman–Crippen MR) is 160 cm³/mol. The van der Waals surface area contributed by atoms with Gasteiger partial charge >= 0.3 is 12.0 Å². The zero-order valence-electron chi connectivity index (χ0n) is 23.1. The van der Waals surface area contributed by atoms with Crippen LogP contribution < -0.4 is 4.90 Å². The molecule has 42 heavy (non-hydrogen) atoms. The van der Waals surface area contributed by atoms with E-state index in [1.54, 1.807) is 42.2 Å². The SMILES string of the molecule is CCOC(=O)CCCN1C(=O)N(c2cc(Cl)cc(Cl)c2)C(=O)[C@]12CN(Cc1ccccc1)C[C@@H]2c1ccc(C#N)cc1. The van der Waals surface area contributed by atoms with Gasteiger partial charge in [0.2, 0.25) is 0 Å². The Morgan fingerprint density at radius 2 is 1.74 bits per heavy atom. The Balaban J connectivity index is 1.59. The Morgan fingerprint density at radius 3 is 2.38 bits per heavy atom. The molecule has 1 spiro atoms. The molecule has 2 aliphatic heterocycles. The van der Waals surface area contributed by atoms with Crippen molar-refractivity contribution >= 4 is 46.8 Å². The highest BCUT2D eigenvalue weighted by Gasteiger charge is 2.65. The third kappa shape index (κ3) is 5.73. The van der Waals surface area contributed by atoms with Crippen molar-refractivity contribution in [1.82, 2.24) is 9.80 Å². The molecule has 3 amide bonds. The van der Waals surface area contributed by atoms with Crippen LogP contribution in [0.1, 0.15) is 42.4 Å². The van der Waals surface area contributed by atoms with Crippen LogP contribution in [0.15, 0.2) is 72.8 Å². The number of nitriles is 1. The van der Waals surface area contributed by atoms with Crippen molar-refractivity contribution in [3.05, 3.63) is 99.5 Å². The molecular formula is C32H30Cl2N4O4. The summed E-state index contributed by atoms with van der Waals surface area (Å²) >= 11 is 12.6. The molecule has 3 aromatic carbocycles. The van der Waals surface area contributed by atoms with Gasteiger partial charge in [-0.2, -0.15) is 5.26 Å². The molecule has 3 aromatic rings. The molecule has 2 saturated heterocycles. The summed E-state index contributed by atoms with van der Waals surface area (Å²) < 4.78 is 5.10. The second-order valence-electron chi connectivity index (χ2n) is 10.5. The number of carbonyl (C=O) groups excluding carboxylic acids is 3. The smallest absolute Gasteiger partial charge is 0.332 e. The van der Waals surface area contributed by atoms with E-state index >= 15 is 0 Å². The summed E-state index contributed by atoms with van der Waals surface area (Å²) in [5.74, 6) is -1.15. The summed E-state index contributed by atoms with van der Waals surface area (Å²) in [7, 11) is 0. The van der Waals surface area contributed by atoms with Crippen LogP contribution >= 0.6 is 23.2 Å². The Labute approximate surface area is 255 Å². The molecule has 0 unspecified atom stereocenters. The molecule has 0 saturated carbocycles. The lowest BCUT2D eigenvalue weighted by Gasteiger charge is -2.36. The molecule has 0 radical (unpaired) electrons. The monoisotopic (exact) mass is 604 g/mol. The van der Waals surface area contributed by atoms with Crippen molar-refractivity contribution in [3.8, 4) is 6.07 Å². The maximum absolute atomic E-state index is 14.7. The number of hydrogen-bond acceptors (Lipinski definition) is 6. The highest BCUT2D eigenvalue weighted by molar-refractivity contribution is 6.35. The van der Waals surface area contributed by atoms with E-state index in [4.69, 9.17) is 27.9 Å². The first-order valence-electron chi connectivity index (χ1n) is 13.8. The van der Waals surface area contributed by atoms with E-state index in [1.807, 2.05) is 42.5 Å². The number of likely N-dealkylation sites (tertiary alicyclic amines) is 1. The number of anilines is 1. The van der Waals surface area contributed by atoms with E-state index in [-0.39, 0.29) is 43.7 Å². The molecule has 216 valence electrons. The summed E-state index contributed by atoms with van der Waals surface area (Å²) in [4.78, 5) is 46.0. The summed E-state index contributed by atoms with van der Waals surface area (Å²) in [6.45, 7) is 3.53. The third-order valence-corrected chi connectivity index (χ3v) is 8.26. The lowest BCUT2D eigenvalue weighted by molar-refractivity contribution is -0.143. The summed E-state index contributed by atoms with van der Waals surface area (Å²) in [5.41, 5.74) is 1.44. The molecule has 10 heteroatoms. The van der Waals surface area contributed by atoms with Gasteiger partial charge in [-0.05, 0) is 54.8 Å². The number of imide groups is 1. The fourth-order valence-corrected chi connectivity index (χ4v) is 6.56. The van der Waals surface area contributed by atoms with Crippen molar-refractivity contribution in [3.63, 3.8) is 0 Å². The van der Waals surface area contributed by atoms with Gasteiger partial charge < -0.3 is 9.64 Å². The van der Waals surface area contributed by atoms with Crippen molar-refractivity contribution < 1.29 is 19.1 Å². The Bertz CT molecular complexity index is 1510. The number of hydrogen-bond donors (Lipinski definition) is 0. The highest BCUT2D eigenvalue weighted by atomic mass is 35.5. The molecule has 0 N–H and O–H groups in total. The van der Waals surface area contributed by atoms with Crippen LogP contribution in [0.4, 0.5) is 10.5 Å². The van der Waals surface area contributed by atoms with Gasteiger partial charge in [0.1, 0.15) is 5.54 Å². The van der Waals surface area contributed by atoms with E-state index in [9.17, 15) is 19.6 Å². The molecule has 0 aromatic heterocycles. The van der Waals surface area contributed by atoms with Gasteiger partial charge in [0, 0.05) is 48.6 Å². The molecule has 5 rings (SSSR count). The molecule has 8 nitrogen and oxygen atoms in total. The van der Waals surface area contributed by atoms with Gasteiger partial charge in [-0.15, -0.1) is 0 Å². The van der Waals surface area contributed by atoms with Gasteiger partial charge in [0.25, 0.3) is 5.91 Å². The molecule has 2 fully saturated rings. The third-order valence-electron chi connectivity index (χ3n) is 7.82. The van der Waals surface area contributed by atoms with E-state index in [1.165, 1.54) is 0 Å². The number of benzene rings is 3. The van der Waals surface area contributed by atoms with Gasteiger partial charge in [0.05, 0.1) is 23.9 Å². The van der Waals surface area contributed by atoms with Crippen LogP contribution in [-0.2, 0) is 20.9 Å². The fraction of sp³-hybridized carbons (Fsp3) is 0.312. The minimum Gasteiger partial charge on any atom is -0.466 e. The summed E-state index contributed by atoms with van der Waals surface area (Å²) in [6.07, 6.45) is 0.433. The molecular weight excluding hydrogens is 575 g/mol. The topological polar surface area (TPSA) is 93.9 Å². The van der Waals surface area contributed by atoms with Gasteiger partial charge in [0.15, 0.2) is 0 Å². The molecule has 0 aliphatic carbocycles. The number of rotatable bonds is 9. The maximum atomic E-state index is 14.7. The second kappa shape index (κ2) is 12.5. The van der Waals surface area contributed by atoms with E-state index < -0.39 is 17.5 Å². The van der Waals surface area contributed by atoms with E-state index in [2.05, 4.69) is 11.0 Å². The first kappa shape index (κ1) is 29.6. The zero-order chi connectivity index (χ0) is 29.9. The van der Waals surface area contributed by atoms with Gasteiger partial charge in [-0.25, -0.2) is 9.69 Å². The van der Waals surface area contributed by atoms with Gasteiger partial charge in [-0.3, -0.25) is 14.5 Å². The van der Waals surface area contributed by atoms with Crippen LogP contribution in [0, 0.1) is 11.3 Å². The second-order valence-corrected chi connectivity index (χ2v) is 11.3. The number of esters is 1. The highest BCUT2D eigenvalue weighted by Crippen LogP contribution is 2.47. The largest absolute Gasteiger partial charge is 0.466 e. The average Bonchev–Trinajstić information content (AvgIpc) is 3.44. The van der Waals surface area contributed by atoms with E-state index in [0.29, 0.717) is 35.1 Å². The normalized spacial score (nSPS) is 20.4. The number of urea groups is 1. The van der Waals surface area contributed by atoms with Crippen molar-refractivity contribution in [2.24, 2.45) is 0 Å². The number of carbonyl (C=O) groups is 3. The van der Waals surface area contributed by atoms with E-state index in [0.717, 1.165) is 16.0 Å². The minimum absolute atomic E-state index is 0.111. The predicted octanol–water partition coefficient (Wildman–Crippen LogP) is 6.02. The average molecular weight is 606 g/mol. The number of nitrogens with zero attached hydrogens (tertiary/aromatic N) is 4. The fourth-order valence-electron chi connectivity index (χ4n) is 6.04. The molecule has 2 heterocycles. The minimum atomic E-state index is -1.27. The van der Waals surface area contributed by atoms with Crippen LogP contribution in [-0.4, -0.2) is 59.5 Å². The Morgan fingerprint density at radius 1 is 1.05 bits per heavy atom. The lowest BCUT2D eigenvalue weighted by atomic mass is 9.80. The van der Waals surface area contributed by atoms with Crippen molar-refractivity contribution in [1.29, 1.82) is 5.26 Å². The summed E-state index contributed by atoms with van der Waals surface area (Å²) in [6, 6.07) is 23.4. The first-order chi connectivity index (χ1) is 20.3. The molecule has 2 atom stereocenters. The zero-order valence-corrected chi connectivity index (χ0v) is 24.6. The molecule has 2 aliphatic rings. The van der Waals surface area contributed by atoms with Crippen LogP contribution in [0.2, 0.25) is 10.0 Å². The van der Waals surface area contributed by atoms with Crippen LogP contribution in [0.3, 0.4) is 0 Å². The quantitative estimate of drug-likeness (QED) is 0.219. The number of halogens is 2. The first-order valence-corrected chi connectivity index (χ1v) is 14.6. The van der Waals surface area contributed by atoms with Crippen molar-refractivity contribution in [2.75, 3.05) is 31.1 Å². The standard InChI is InChI=1S/C32H30Cl2N4O4/c1-2-42-29(39)9-6-14-37-31(41)38(27-16-25(33)15-26(34)17-27)30(40)32(37)21-36(19-23-7-4-3-5-8-23)20-28(32)24-12-10-22(18-35)11-13-24/h3-5,7-8,10-13,15-17,28H,2,6,9,14,19-21H2,1H3/t28-,32-/m1/s1. The van der Waals surface area contributed by atoms with Gasteiger partial charge in [-0.1, -0.05) is 65.7 Å². The maximum Gasteiger partial charge on any atom is 0.332 e. The Kier molecular flexibility index (Phi) is 8.83. The number of ether oxygens (including phenoxy) is 1. The number of amides is 3. The van der Waals surface area contributed by atoms with Crippen LogP contribution in [0.5, 0.6) is 0 Å². The lowest BCUT2D eigenvalue weighted by Crippen LogP contribution is -2.55. The summed E-state index contributed by atoms with van der Waals surface area (Å²) in [5, 5.41) is 9.98. The molecule has 0 bridgehead atoms.